The van der Waals surface area contributed by atoms with Crippen molar-refractivity contribution in [2.45, 2.75) is 45.5 Å². The van der Waals surface area contributed by atoms with Crippen LogP contribution in [-0.4, -0.2) is 25.2 Å². The van der Waals surface area contributed by atoms with Crippen LogP contribution in [0.2, 0.25) is 0 Å². The van der Waals surface area contributed by atoms with Gasteiger partial charge in [-0.15, -0.1) is 0 Å². The van der Waals surface area contributed by atoms with E-state index in [2.05, 4.69) is 31.0 Å². The first-order valence-corrected chi connectivity index (χ1v) is 7.44. The highest BCUT2D eigenvalue weighted by Crippen LogP contribution is 2.31. The molecule has 2 nitrogen and oxygen atoms in total. The molecule has 1 aromatic carbocycles. The minimum Gasteiger partial charge on any atom is -0.366 e. The topological polar surface area (TPSA) is 15.3 Å². The Morgan fingerprint density at radius 1 is 1.24 bits per heavy atom. The molecule has 0 spiro atoms. The van der Waals surface area contributed by atoms with Crippen LogP contribution < -0.4 is 10.2 Å². The molecule has 0 radical (unpaired) electrons. The van der Waals surface area contributed by atoms with Crippen molar-refractivity contribution in [2.75, 3.05) is 18.0 Å². The second-order valence-electron chi connectivity index (χ2n) is 6.28. The van der Waals surface area contributed by atoms with Gasteiger partial charge in [-0.2, -0.15) is 13.2 Å². The Labute approximate surface area is 124 Å². The summed E-state index contributed by atoms with van der Waals surface area (Å²) in [5, 5.41) is 3.51. The molecule has 2 unspecified atom stereocenters. The van der Waals surface area contributed by atoms with Gasteiger partial charge in [-0.3, -0.25) is 0 Å². The van der Waals surface area contributed by atoms with Crippen LogP contribution >= 0.6 is 0 Å². The lowest BCUT2D eigenvalue weighted by Crippen LogP contribution is -2.55. The van der Waals surface area contributed by atoms with Crippen LogP contribution in [0.4, 0.5) is 18.9 Å². The van der Waals surface area contributed by atoms with E-state index >= 15 is 0 Å². The number of hydrogen-bond acceptors (Lipinski definition) is 2. The molecule has 1 saturated heterocycles. The molecule has 0 saturated carbocycles. The van der Waals surface area contributed by atoms with Crippen LogP contribution in [0, 0.1) is 5.92 Å². The van der Waals surface area contributed by atoms with E-state index in [0.29, 0.717) is 12.0 Å². The third-order valence-corrected chi connectivity index (χ3v) is 3.93. The molecule has 0 aliphatic carbocycles. The van der Waals surface area contributed by atoms with E-state index in [1.165, 1.54) is 12.1 Å². The Morgan fingerprint density at radius 2 is 1.86 bits per heavy atom. The Balaban J connectivity index is 2.11. The zero-order valence-electron chi connectivity index (χ0n) is 12.7. The summed E-state index contributed by atoms with van der Waals surface area (Å²) < 4.78 is 37.9. The van der Waals surface area contributed by atoms with Crippen molar-refractivity contribution in [1.82, 2.24) is 5.32 Å². The lowest BCUT2D eigenvalue weighted by molar-refractivity contribution is -0.137. The highest BCUT2D eigenvalue weighted by atomic mass is 19.4. The standard InChI is InChI=1S/C16H23F3N2/c1-11(2)8-14-10-21(12(3)9-20-14)15-6-4-13(5-7-15)16(17,18)19/h4-7,11-12,14,20H,8-10H2,1-3H3. The number of benzene rings is 1. The monoisotopic (exact) mass is 300 g/mol. The number of nitrogens with one attached hydrogen (secondary N) is 1. The van der Waals surface area contributed by atoms with Crippen molar-refractivity contribution >= 4 is 5.69 Å². The summed E-state index contributed by atoms with van der Waals surface area (Å²) in [5.41, 5.74) is 0.276. The van der Waals surface area contributed by atoms with E-state index < -0.39 is 11.7 Å². The van der Waals surface area contributed by atoms with Crippen LogP contribution in [0.15, 0.2) is 24.3 Å². The predicted octanol–water partition coefficient (Wildman–Crippen LogP) is 3.92. The predicted molar refractivity (Wildman–Crippen MR) is 79.5 cm³/mol. The van der Waals surface area contributed by atoms with E-state index in [1.54, 1.807) is 12.1 Å². The number of rotatable bonds is 3. The molecule has 0 aromatic heterocycles. The van der Waals surface area contributed by atoms with Crippen molar-refractivity contribution in [2.24, 2.45) is 5.92 Å². The van der Waals surface area contributed by atoms with E-state index in [1.807, 2.05) is 0 Å². The minimum absolute atomic E-state index is 0.283. The van der Waals surface area contributed by atoms with Gasteiger partial charge < -0.3 is 10.2 Å². The Bertz CT molecular complexity index is 454. The highest BCUT2D eigenvalue weighted by Gasteiger charge is 2.31. The van der Waals surface area contributed by atoms with Gasteiger partial charge in [0.2, 0.25) is 0 Å². The first-order chi connectivity index (χ1) is 9.77. The number of hydrogen-bond donors (Lipinski definition) is 1. The zero-order chi connectivity index (χ0) is 15.6. The zero-order valence-corrected chi connectivity index (χ0v) is 12.7. The fraction of sp³-hybridized carbons (Fsp3) is 0.625. The maximum atomic E-state index is 12.6. The van der Waals surface area contributed by atoms with Gasteiger partial charge in [0, 0.05) is 30.9 Å². The van der Waals surface area contributed by atoms with Crippen LogP contribution in [0.1, 0.15) is 32.8 Å². The van der Waals surface area contributed by atoms with Crippen LogP contribution in [0.25, 0.3) is 0 Å². The van der Waals surface area contributed by atoms with Crippen molar-refractivity contribution in [3.63, 3.8) is 0 Å². The van der Waals surface area contributed by atoms with Crippen LogP contribution in [0.3, 0.4) is 0 Å². The number of piperazine rings is 1. The van der Waals surface area contributed by atoms with Crippen LogP contribution in [-0.2, 0) is 6.18 Å². The van der Waals surface area contributed by atoms with Gasteiger partial charge in [-0.05, 0) is 43.5 Å². The average molecular weight is 300 g/mol. The van der Waals surface area contributed by atoms with Gasteiger partial charge >= 0.3 is 6.18 Å². The Hall–Kier alpha value is -1.23. The fourth-order valence-corrected chi connectivity index (χ4v) is 2.86. The first-order valence-electron chi connectivity index (χ1n) is 7.44. The molecular weight excluding hydrogens is 277 g/mol. The number of alkyl halides is 3. The summed E-state index contributed by atoms with van der Waals surface area (Å²) in [4.78, 5) is 2.20. The largest absolute Gasteiger partial charge is 0.416 e. The molecule has 2 rings (SSSR count). The van der Waals surface area contributed by atoms with Gasteiger partial charge in [0.25, 0.3) is 0 Å². The summed E-state index contributed by atoms with van der Waals surface area (Å²) in [6.45, 7) is 8.16. The van der Waals surface area contributed by atoms with E-state index in [9.17, 15) is 13.2 Å². The minimum atomic E-state index is -4.27. The van der Waals surface area contributed by atoms with Gasteiger partial charge in [-0.25, -0.2) is 0 Å². The smallest absolute Gasteiger partial charge is 0.366 e. The molecular formula is C16H23F3N2. The SMILES string of the molecule is CC(C)CC1CN(c2ccc(C(F)(F)F)cc2)C(C)CN1. The van der Waals surface area contributed by atoms with Crippen molar-refractivity contribution in [3.8, 4) is 0 Å². The number of nitrogens with zero attached hydrogens (tertiary/aromatic N) is 1. The van der Waals surface area contributed by atoms with Gasteiger partial charge in [0.15, 0.2) is 0 Å². The molecule has 0 amide bonds. The summed E-state index contributed by atoms with van der Waals surface area (Å²) in [6.07, 6.45) is -3.20. The normalized spacial score (nSPS) is 23.7. The second kappa shape index (κ2) is 6.26. The molecule has 1 aromatic rings. The summed E-state index contributed by atoms with van der Waals surface area (Å²) in [7, 11) is 0. The molecule has 1 fully saturated rings. The van der Waals surface area contributed by atoms with E-state index in [4.69, 9.17) is 0 Å². The third kappa shape index (κ3) is 4.13. The summed E-state index contributed by atoms with van der Waals surface area (Å²) >= 11 is 0. The lowest BCUT2D eigenvalue weighted by atomic mass is 9.99. The van der Waals surface area contributed by atoms with Crippen molar-refractivity contribution < 1.29 is 13.2 Å². The molecule has 1 N–H and O–H groups in total. The number of anilines is 1. The van der Waals surface area contributed by atoms with Crippen molar-refractivity contribution in [1.29, 1.82) is 0 Å². The van der Waals surface area contributed by atoms with Crippen LogP contribution in [0.5, 0.6) is 0 Å². The van der Waals surface area contributed by atoms with E-state index in [0.717, 1.165) is 25.2 Å². The fourth-order valence-electron chi connectivity index (χ4n) is 2.86. The first kappa shape index (κ1) is 16.1. The molecule has 1 heterocycles. The second-order valence-corrected chi connectivity index (χ2v) is 6.28. The summed E-state index contributed by atoms with van der Waals surface area (Å²) in [6, 6.07) is 6.17. The maximum Gasteiger partial charge on any atom is 0.416 e. The quantitative estimate of drug-likeness (QED) is 0.910. The average Bonchev–Trinajstić information content (AvgIpc) is 2.39. The van der Waals surface area contributed by atoms with Gasteiger partial charge in [-0.1, -0.05) is 13.8 Å². The number of halogens is 3. The maximum absolute atomic E-state index is 12.6. The molecule has 5 heteroatoms. The molecule has 2 atom stereocenters. The van der Waals surface area contributed by atoms with E-state index in [-0.39, 0.29) is 6.04 Å². The Kier molecular flexibility index (Phi) is 4.81. The molecule has 1 aliphatic heterocycles. The third-order valence-electron chi connectivity index (χ3n) is 3.93. The van der Waals surface area contributed by atoms with Gasteiger partial charge in [0.1, 0.15) is 0 Å². The highest BCUT2D eigenvalue weighted by molar-refractivity contribution is 5.49. The lowest BCUT2D eigenvalue weighted by Gasteiger charge is -2.41. The molecule has 1 aliphatic rings. The molecule has 0 bridgehead atoms. The molecule has 118 valence electrons. The van der Waals surface area contributed by atoms with Crippen molar-refractivity contribution in [3.05, 3.63) is 29.8 Å². The summed E-state index contributed by atoms with van der Waals surface area (Å²) in [5.74, 6) is 0.602. The Morgan fingerprint density at radius 3 is 2.38 bits per heavy atom. The molecule has 21 heavy (non-hydrogen) atoms. The van der Waals surface area contributed by atoms with Gasteiger partial charge in [0.05, 0.1) is 5.56 Å².